The Morgan fingerprint density at radius 3 is 2.64 bits per heavy atom. The standard InChI is InChI=1S/C11H11BrN2/c1-7-3-4-9(5-10(7)12)11-6-13-8(2)14-11/h3-6H,1-2H3,(H,13,14). The lowest BCUT2D eigenvalue weighted by Gasteiger charge is -2.01. The Morgan fingerprint density at radius 1 is 1.29 bits per heavy atom. The zero-order valence-corrected chi connectivity index (χ0v) is 9.72. The van der Waals surface area contributed by atoms with Gasteiger partial charge in [-0.2, -0.15) is 0 Å². The number of rotatable bonds is 1. The van der Waals surface area contributed by atoms with Gasteiger partial charge in [-0.3, -0.25) is 0 Å². The summed E-state index contributed by atoms with van der Waals surface area (Å²) >= 11 is 3.52. The average Bonchev–Trinajstić information content (AvgIpc) is 2.57. The van der Waals surface area contributed by atoms with E-state index < -0.39 is 0 Å². The van der Waals surface area contributed by atoms with E-state index in [0.29, 0.717) is 0 Å². The van der Waals surface area contributed by atoms with Crippen LogP contribution in [-0.2, 0) is 0 Å². The van der Waals surface area contributed by atoms with Crippen LogP contribution < -0.4 is 0 Å². The molecule has 0 amide bonds. The molecule has 0 radical (unpaired) electrons. The van der Waals surface area contributed by atoms with Gasteiger partial charge in [-0.15, -0.1) is 0 Å². The predicted molar refractivity (Wildman–Crippen MR) is 61.2 cm³/mol. The first-order valence-electron chi connectivity index (χ1n) is 4.45. The highest BCUT2D eigenvalue weighted by molar-refractivity contribution is 9.10. The maximum absolute atomic E-state index is 4.17. The monoisotopic (exact) mass is 250 g/mol. The Bertz CT molecular complexity index is 460. The fraction of sp³-hybridized carbons (Fsp3) is 0.182. The van der Waals surface area contributed by atoms with Gasteiger partial charge in [-0.05, 0) is 25.5 Å². The zero-order valence-electron chi connectivity index (χ0n) is 8.13. The summed E-state index contributed by atoms with van der Waals surface area (Å²) in [4.78, 5) is 7.38. The summed E-state index contributed by atoms with van der Waals surface area (Å²) in [6.07, 6.45) is 1.85. The number of halogens is 1. The molecule has 0 atom stereocenters. The van der Waals surface area contributed by atoms with Crippen molar-refractivity contribution >= 4 is 15.9 Å². The third-order valence-corrected chi connectivity index (χ3v) is 3.04. The maximum Gasteiger partial charge on any atom is 0.103 e. The van der Waals surface area contributed by atoms with Crippen molar-refractivity contribution in [3.63, 3.8) is 0 Å². The van der Waals surface area contributed by atoms with Gasteiger partial charge in [0.05, 0.1) is 11.9 Å². The molecule has 72 valence electrons. The van der Waals surface area contributed by atoms with Crippen LogP contribution in [0.2, 0.25) is 0 Å². The highest BCUT2D eigenvalue weighted by Gasteiger charge is 2.02. The Labute approximate surface area is 91.5 Å². The van der Waals surface area contributed by atoms with E-state index in [1.165, 1.54) is 5.56 Å². The van der Waals surface area contributed by atoms with Gasteiger partial charge in [-0.25, -0.2) is 4.98 Å². The summed E-state index contributed by atoms with van der Waals surface area (Å²) in [7, 11) is 0. The number of benzene rings is 1. The number of imidazole rings is 1. The lowest BCUT2D eigenvalue weighted by Crippen LogP contribution is -1.80. The molecular weight excluding hydrogens is 240 g/mol. The smallest absolute Gasteiger partial charge is 0.103 e. The number of nitrogens with zero attached hydrogens (tertiary/aromatic N) is 1. The molecule has 0 bridgehead atoms. The molecule has 1 aromatic heterocycles. The molecule has 0 aliphatic rings. The number of aromatic nitrogens is 2. The topological polar surface area (TPSA) is 28.7 Å². The van der Waals surface area contributed by atoms with Crippen molar-refractivity contribution in [2.75, 3.05) is 0 Å². The molecule has 0 aliphatic heterocycles. The summed E-state index contributed by atoms with van der Waals surface area (Å²) in [6.45, 7) is 4.03. The van der Waals surface area contributed by atoms with E-state index in [0.717, 1.165) is 21.6 Å². The average molecular weight is 251 g/mol. The van der Waals surface area contributed by atoms with Crippen LogP contribution in [0.1, 0.15) is 11.4 Å². The summed E-state index contributed by atoms with van der Waals surface area (Å²) in [5.74, 6) is 0.941. The van der Waals surface area contributed by atoms with Crippen LogP contribution in [0.4, 0.5) is 0 Å². The molecule has 0 aliphatic carbocycles. The van der Waals surface area contributed by atoms with Crippen molar-refractivity contribution in [1.29, 1.82) is 0 Å². The first kappa shape index (κ1) is 9.46. The van der Waals surface area contributed by atoms with Gasteiger partial charge in [-0.1, -0.05) is 28.1 Å². The Balaban J connectivity index is 2.47. The third-order valence-electron chi connectivity index (χ3n) is 2.19. The highest BCUT2D eigenvalue weighted by Crippen LogP contribution is 2.24. The van der Waals surface area contributed by atoms with Crippen LogP contribution in [0.5, 0.6) is 0 Å². The van der Waals surface area contributed by atoms with Crippen molar-refractivity contribution in [2.24, 2.45) is 0 Å². The van der Waals surface area contributed by atoms with E-state index >= 15 is 0 Å². The van der Waals surface area contributed by atoms with E-state index in [1.807, 2.05) is 13.1 Å². The largest absolute Gasteiger partial charge is 0.342 e. The summed E-state index contributed by atoms with van der Waals surface area (Å²) in [6, 6.07) is 6.28. The van der Waals surface area contributed by atoms with Crippen molar-refractivity contribution in [3.8, 4) is 11.3 Å². The number of aryl methyl sites for hydroxylation is 2. The third kappa shape index (κ3) is 1.73. The molecule has 0 fully saturated rings. The van der Waals surface area contributed by atoms with Crippen molar-refractivity contribution in [2.45, 2.75) is 13.8 Å². The van der Waals surface area contributed by atoms with Crippen LogP contribution in [0.15, 0.2) is 28.9 Å². The van der Waals surface area contributed by atoms with Gasteiger partial charge >= 0.3 is 0 Å². The van der Waals surface area contributed by atoms with Crippen LogP contribution in [0, 0.1) is 13.8 Å². The minimum Gasteiger partial charge on any atom is -0.342 e. The lowest BCUT2D eigenvalue weighted by molar-refractivity contribution is 1.15. The van der Waals surface area contributed by atoms with E-state index in [-0.39, 0.29) is 0 Å². The van der Waals surface area contributed by atoms with E-state index in [4.69, 9.17) is 0 Å². The minimum absolute atomic E-state index is 0.941. The Morgan fingerprint density at radius 2 is 2.07 bits per heavy atom. The van der Waals surface area contributed by atoms with Crippen LogP contribution in [0.3, 0.4) is 0 Å². The first-order valence-corrected chi connectivity index (χ1v) is 5.24. The zero-order chi connectivity index (χ0) is 10.1. The van der Waals surface area contributed by atoms with Crippen LogP contribution in [0.25, 0.3) is 11.3 Å². The fourth-order valence-electron chi connectivity index (χ4n) is 1.33. The maximum atomic E-state index is 4.17. The number of hydrogen-bond acceptors (Lipinski definition) is 1. The van der Waals surface area contributed by atoms with Gasteiger partial charge in [0.2, 0.25) is 0 Å². The molecule has 2 aromatic rings. The normalized spacial score (nSPS) is 10.5. The molecular formula is C11H11BrN2. The second-order valence-electron chi connectivity index (χ2n) is 3.35. The highest BCUT2D eigenvalue weighted by atomic mass is 79.9. The Kier molecular flexibility index (Phi) is 2.42. The lowest BCUT2D eigenvalue weighted by atomic mass is 10.1. The Hall–Kier alpha value is -1.09. The molecule has 0 spiro atoms. The summed E-state index contributed by atoms with van der Waals surface area (Å²) in [5.41, 5.74) is 3.45. The van der Waals surface area contributed by atoms with Gasteiger partial charge in [0.15, 0.2) is 0 Å². The second-order valence-corrected chi connectivity index (χ2v) is 4.20. The molecule has 2 rings (SSSR count). The minimum atomic E-state index is 0.941. The number of H-pyrrole nitrogens is 1. The molecule has 1 heterocycles. The SMILES string of the molecule is Cc1ncc(-c2ccc(C)c(Br)c2)[nH]1. The predicted octanol–water partition coefficient (Wildman–Crippen LogP) is 3.46. The number of nitrogens with one attached hydrogen (secondary N) is 1. The second kappa shape index (κ2) is 3.58. The van der Waals surface area contributed by atoms with Crippen LogP contribution >= 0.6 is 15.9 Å². The molecule has 0 saturated heterocycles. The quantitative estimate of drug-likeness (QED) is 0.826. The molecule has 14 heavy (non-hydrogen) atoms. The van der Waals surface area contributed by atoms with Gasteiger partial charge < -0.3 is 4.98 Å². The summed E-state index contributed by atoms with van der Waals surface area (Å²) < 4.78 is 1.13. The first-order chi connectivity index (χ1) is 6.66. The van der Waals surface area contributed by atoms with Crippen molar-refractivity contribution in [3.05, 3.63) is 40.3 Å². The molecule has 2 nitrogen and oxygen atoms in total. The number of hydrogen-bond donors (Lipinski definition) is 1. The van der Waals surface area contributed by atoms with E-state index in [9.17, 15) is 0 Å². The van der Waals surface area contributed by atoms with Gasteiger partial charge in [0.1, 0.15) is 5.82 Å². The van der Waals surface area contributed by atoms with Crippen molar-refractivity contribution < 1.29 is 0 Å². The van der Waals surface area contributed by atoms with Crippen molar-refractivity contribution in [1.82, 2.24) is 9.97 Å². The number of aromatic amines is 1. The van der Waals surface area contributed by atoms with Gasteiger partial charge in [0, 0.05) is 10.0 Å². The van der Waals surface area contributed by atoms with E-state index in [2.05, 4.69) is 51.0 Å². The van der Waals surface area contributed by atoms with Gasteiger partial charge in [0.25, 0.3) is 0 Å². The molecule has 1 N–H and O–H groups in total. The molecule has 0 saturated carbocycles. The molecule has 3 heteroatoms. The fourth-order valence-corrected chi connectivity index (χ4v) is 1.71. The summed E-state index contributed by atoms with van der Waals surface area (Å²) in [5, 5.41) is 0. The molecule has 0 unspecified atom stereocenters. The van der Waals surface area contributed by atoms with E-state index in [1.54, 1.807) is 0 Å². The van der Waals surface area contributed by atoms with Crippen LogP contribution in [-0.4, -0.2) is 9.97 Å². The molecule has 1 aromatic carbocycles.